The molecule has 1 fully saturated rings. The predicted octanol–water partition coefficient (Wildman–Crippen LogP) is -0.431. The molecule has 0 aliphatic carbocycles. The Bertz CT molecular complexity index is 803. The van der Waals surface area contributed by atoms with Gasteiger partial charge in [0.1, 0.15) is 5.69 Å². The number of thiazole rings is 1. The molecule has 140 valence electrons. The number of nitrogens with zero attached hydrogens (tertiary/aromatic N) is 3. The molecule has 3 heterocycles. The lowest BCUT2D eigenvalue weighted by Gasteiger charge is -2.21. The van der Waals surface area contributed by atoms with Crippen molar-refractivity contribution in [3.05, 3.63) is 49.2 Å². The van der Waals surface area contributed by atoms with Crippen LogP contribution >= 0.6 is 11.3 Å². The number of hydrogen-bond acceptors (Lipinski definition) is 7. The lowest BCUT2D eigenvalue weighted by Crippen LogP contribution is -2.35. The number of H-pyrrole nitrogens is 2. The summed E-state index contributed by atoms with van der Waals surface area (Å²) >= 11 is 1.41. The maximum atomic E-state index is 12.3. The number of carbonyl (C=O) groups excluding carboxylic acids is 1. The zero-order valence-electron chi connectivity index (χ0n) is 13.9. The average molecular weight is 381 g/mol. The molecule has 10 nitrogen and oxygen atoms in total. The second-order valence-electron chi connectivity index (χ2n) is 5.51. The second kappa shape index (κ2) is 9.63. The molecular weight excluding hydrogens is 362 g/mol. The number of hydrogen-bond donors (Lipinski definition) is 3. The van der Waals surface area contributed by atoms with E-state index in [-0.39, 0.29) is 12.4 Å². The molecule has 0 atom stereocenters. The highest BCUT2D eigenvalue weighted by molar-refractivity contribution is 7.07. The van der Waals surface area contributed by atoms with Gasteiger partial charge in [0, 0.05) is 49.9 Å². The van der Waals surface area contributed by atoms with Gasteiger partial charge in [-0.2, -0.15) is 0 Å². The molecule has 26 heavy (non-hydrogen) atoms. The predicted molar refractivity (Wildman–Crippen MR) is 94.3 cm³/mol. The smallest absolute Gasteiger partial charge is 0.325 e. The van der Waals surface area contributed by atoms with Crippen LogP contribution in [0.15, 0.2) is 26.5 Å². The van der Waals surface area contributed by atoms with E-state index in [0.29, 0.717) is 37.6 Å². The molecule has 3 rings (SSSR count). The molecule has 0 unspecified atom stereocenters. The van der Waals surface area contributed by atoms with Gasteiger partial charge in [-0.1, -0.05) is 0 Å². The molecule has 0 bridgehead atoms. The van der Waals surface area contributed by atoms with Gasteiger partial charge >= 0.3 is 5.69 Å². The maximum absolute atomic E-state index is 12.3. The van der Waals surface area contributed by atoms with Crippen molar-refractivity contribution in [3.8, 4) is 0 Å². The highest BCUT2D eigenvalue weighted by Gasteiger charge is 2.21. The Morgan fingerprint density at radius 1 is 1.27 bits per heavy atom. The maximum Gasteiger partial charge on any atom is 0.325 e. The van der Waals surface area contributed by atoms with E-state index in [0.717, 1.165) is 13.0 Å². The Balaban J connectivity index is 0.000000758. The van der Waals surface area contributed by atoms with Crippen LogP contribution in [0.3, 0.4) is 0 Å². The summed E-state index contributed by atoms with van der Waals surface area (Å²) in [5.74, 6) is -0.0438. The molecule has 1 saturated heterocycles. The van der Waals surface area contributed by atoms with E-state index in [9.17, 15) is 14.4 Å². The quantitative estimate of drug-likeness (QED) is 0.613. The van der Waals surface area contributed by atoms with Gasteiger partial charge in [-0.3, -0.25) is 24.3 Å². The number of rotatable bonds is 3. The Kier molecular flexibility index (Phi) is 7.24. The molecular formula is C15H19N5O5S. The molecule has 2 aromatic heterocycles. The first kappa shape index (κ1) is 19.5. The van der Waals surface area contributed by atoms with Crippen molar-refractivity contribution >= 4 is 23.7 Å². The Labute approximate surface area is 152 Å². The van der Waals surface area contributed by atoms with E-state index in [4.69, 9.17) is 9.90 Å². The van der Waals surface area contributed by atoms with E-state index in [1.807, 2.05) is 0 Å². The van der Waals surface area contributed by atoms with Crippen LogP contribution in [0.4, 0.5) is 0 Å². The van der Waals surface area contributed by atoms with Crippen molar-refractivity contribution in [1.82, 2.24) is 24.8 Å². The van der Waals surface area contributed by atoms with Crippen LogP contribution in [0.25, 0.3) is 0 Å². The third kappa shape index (κ3) is 5.63. The monoisotopic (exact) mass is 381 g/mol. The summed E-state index contributed by atoms with van der Waals surface area (Å²) in [5.41, 5.74) is 1.82. The molecule has 0 aromatic carbocycles. The van der Waals surface area contributed by atoms with Crippen LogP contribution in [-0.2, 0) is 11.3 Å². The summed E-state index contributed by atoms with van der Waals surface area (Å²) in [6.07, 6.45) is 0.837. The third-order valence-corrected chi connectivity index (χ3v) is 4.32. The highest BCUT2D eigenvalue weighted by atomic mass is 32.1. The first-order valence-corrected chi connectivity index (χ1v) is 8.78. The summed E-state index contributed by atoms with van der Waals surface area (Å²) in [5, 5.41) is 8.64. The fourth-order valence-corrected chi connectivity index (χ4v) is 3.18. The highest BCUT2D eigenvalue weighted by Crippen LogP contribution is 2.10. The fraction of sp³-hybridized carbons (Fsp3) is 0.400. The van der Waals surface area contributed by atoms with Gasteiger partial charge in [0.25, 0.3) is 17.9 Å². The second-order valence-corrected chi connectivity index (χ2v) is 6.23. The molecule has 11 heteroatoms. The minimum absolute atomic E-state index is 0.0438. The van der Waals surface area contributed by atoms with Crippen LogP contribution in [-0.4, -0.2) is 68.4 Å². The Morgan fingerprint density at radius 3 is 2.69 bits per heavy atom. The van der Waals surface area contributed by atoms with Crippen molar-refractivity contribution in [2.75, 3.05) is 26.2 Å². The number of nitrogens with one attached hydrogen (secondary N) is 2. The van der Waals surface area contributed by atoms with Crippen LogP contribution in [0.5, 0.6) is 0 Å². The normalized spacial score (nSPS) is 14.8. The van der Waals surface area contributed by atoms with Gasteiger partial charge in [-0.15, -0.1) is 11.3 Å². The Morgan fingerprint density at radius 2 is 2.04 bits per heavy atom. The van der Waals surface area contributed by atoms with Crippen LogP contribution < -0.4 is 11.2 Å². The zero-order valence-corrected chi connectivity index (χ0v) is 14.7. The van der Waals surface area contributed by atoms with E-state index >= 15 is 0 Å². The minimum Gasteiger partial charge on any atom is -0.483 e. The topological polar surface area (TPSA) is 139 Å². The lowest BCUT2D eigenvalue weighted by atomic mass is 10.3. The minimum atomic E-state index is -0.498. The van der Waals surface area contributed by atoms with Gasteiger partial charge in [0.15, 0.2) is 0 Å². The first-order valence-electron chi connectivity index (χ1n) is 7.83. The fourth-order valence-electron chi connectivity index (χ4n) is 2.66. The average Bonchev–Trinajstić information content (AvgIpc) is 3.02. The van der Waals surface area contributed by atoms with Gasteiger partial charge in [0.2, 0.25) is 0 Å². The lowest BCUT2D eigenvalue weighted by molar-refractivity contribution is -0.122. The van der Waals surface area contributed by atoms with Crippen molar-refractivity contribution < 1.29 is 14.7 Å². The van der Waals surface area contributed by atoms with Crippen molar-refractivity contribution in [2.45, 2.75) is 13.0 Å². The van der Waals surface area contributed by atoms with Gasteiger partial charge in [-0.05, 0) is 6.42 Å². The van der Waals surface area contributed by atoms with Crippen molar-refractivity contribution in [2.24, 2.45) is 0 Å². The van der Waals surface area contributed by atoms with E-state index in [1.54, 1.807) is 15.8 Å². The molecule has 1 aliphatic rings. The van der Waals surface area contributed by atoms with Crippen LogP contribution in [0.2, 0.25) is 0 Å². The molecule has 0 spiro atoms. The van der Waals surface area contributed by atoms with Crippen molar-refractivity contribution in [3.63, 3.8) is 0 Å². The largest absolute Gasteiger partial charge is 0.483 e. The molecule has 0 radical (unpaired) electrons. The summed E-state index contributed by atoms with van der Waals surface area (Å²) in [4.78, 5) is 56.1. The Hall–Kier alpha value is -2.79. The number of carbonyl (C=O) groups is 2. The van der Waals surface area contributed by atoms with E-state index in [2.05, 4.69) is 19.9 Å². The SMILES string of the molecule is O=C(c1cscn1)N1CCCN(Cc2cc(=O)[nH]c(=O)[nH]2)CC1.O=CO. The summed E-state index contributed by atoms with van der Waals surface area (Å²) in [6.45, 7) is 3.00. The number of amides is 1. The molecule has 1 amide bonds. The summed E-state index contributed by atoms with van der Waals surface area (Å²) in [6, 6.07) is 1.39. The van der Waals surface area contributed by atoms with Gasteiger partial charge in [-0.25, -0.2) is 9.78 Å². The van der Waals surface area contributed by atoms with E-state index in [1.165, 1.54) is 17.4 Å². The van der Waals surface area contributed by atoms with Crippen molar-refractivity contribution in [1.29, 1.82) is 0 Å². The number of carboxylic acid groups (broad SMARTS) is 1. The van der Waals surface area contributed by atoms with Crippen LogP contribution in [0, 0.1) is 0 Å². The standard InChI is InChI=1S/C14H17N5O3S.CH2O2/c20-12-6-10(16-14(22)17-12)7-18-2-1-3-19(5-4-18)13(21)11-8-23-9-15-11;2-1-3/h6,8-9H,1-5,7H2,(H2,16,17,20,22);1H,(H,2,3). The molecule has 2 aromatic rings. The van der Waals surface area contributed by atoms with E-state index < -0.39 is 11.2 Å². The van der Waals surface area contributed by atoms with Gasteiger partial charge in [0.05, 0.1) is 5.51 Å². The number of aromatic nitrogens is 3. The summed E-state index contributed by atoms with van der Waals surface area (Å²) in [7, 11) is 0. The summed E-state index contributed by atoms with van der Waals surface area (Å²) < 4.78 is 0. The number of aromatic amines is 2. The first-order chi connectivity index (χ1) is 12.5. The van der Waals surface area contributed by atoms with Crippen LogP contribution in [0.1, 0.15) is 22.6 Å². The molecule has 3 N–H and O–H groups in total. The third-order valence-electron chi connectivity index (χ3n) is 3.74. The molecule has 0 saturated carbocycles. The zero-order chi connectivity index (χ0) is 18.9. The van der Waals surface area contributed by atoms with Gasteiger partial charge < -0.3 is 15.0 Å². The molecule has 1 aliphatic heterocycles.